The van der Waals surface area contributed by atoms with Gasteiger partial charge in [0.2, 0.25) is 0 Å². The van der Waals surface area contributed by atoms with Crippen molar-refractivity contribution in [2.45, 2.75) is 45.4 Å². The quantitative estimate of drug-likeness (QED) is 0.763. The molecule has 0 radical (unpaired) electrons. The lowest BCUT2D eigenvalue weighted by Crippen LogP contribution is -2.23. The molecular weight excluding hydrogens is 200 g/mol. The summed E-state index contributed by atoms with van der Waals surface area (Å²) in [6.07, 6.45) is 3.49. The van der Waals surface area contributed by atoms with E-state index < -0.39 is 5.97 Å². The number of unbranched alkanes of at least 4 members (excludes halogenated alkanes) is 1. The van der Waals surface area contributed by atoms with Crippen LogP contribution in [0.1, 0.15) is 56.0 Å². The second-order valence-corrected chi connectivity index (χ2v) is 4.85. The summed E-state index contributed by atoms with van der Waals surface area (Å²) in [6.45, 7) is 6.56. The van der Waals surface area contributed by atoms with Gasteiger partial charge in [0.25, 0.3) is 0 Å². The van der Waals surface area contributed by atoms with E-state index in [1.165, 1.54) is 18.4 Å². The smallest absolute Gasteiger partial charge is 0.0715 e. The lowest BCUT2D eigenvalue weighted by atomic mass is 9.80. The number of hydrogen-bond acceptors (Lipinski definition) is 2. The summed E-state index contributed by atoms with van der Waals surface area (Å²) in [5.74, 6) is -1.11. The van der Waals surface area contributed by atoms with Crippen molar-refractivity contribution in [1.29, 1.82) is 0 Å². The molecule has 0 saturated carbocycles. The van der Waals surface area contributed by atoms with Gasteiger partial charge in [0.15, 0.2) is 0 Å². The van der Waals surface area contributed by atoms with Crippen LogP contribution in [-0.4, -0.2) is 5.97 Å². The Morgan fingerprint density at radius 1 is 1.25 bits per heavy atom. The molecule has 1 aromatic rings. The average Bonchev–Trinajstić information content (AvgIpc) is 2.26. The molecule has 0 N–H and O–H groups in total. The summed E-state index contributed by atoms with van der Waals surface area (Å²) in [4.78, 5) is 10.6. The van der Waals surface area contributed by atoms with E-state index in [9.17, 15) is 9.90 Å². The van der Waals surface area contributed by atoms with Crippen molar-refractivity contribution in [3.8, 4) is 0 Å². The van der Waals surface area contributed by atoms with Crippen LogP contribution in [0, 0.1) is 0 Å². The van der Waals surface area contributed by atoms with E-state index in [-0.39, 0.29) is 11.0 Å². The minimum absolute atomic E-state index is 0.112. The van der Waals surface area contributed by atoms with Gasteiger partial charge in [-0.3, -0.25) is 0 Å². The third kappa shape index (κ3) is 3.09. The third-order valence-electron chi connectivity index (χ3n) is 3.06. The molecule has 0 atom stereocenters. The van der Waals surface area contributed by atoms with Crippen molar-refractivity contribution >= 4 is 5.97 Å². The van der Waals surface area contributed by atoms with Gasteiger partial charge in [-0.15, -0.1) is 0 Å². The van der Waals surface area contributed by atoms with Gasteiger partial charge < -0.3 is 9.90 Å². The van der Waals surface area contributed by atoms with Crippen molar-refractivity contribution < 1.29 is 9.90 Å². The first-order valence-corrected chi connectivity index (χ1v) is 5.79. The van der Waals surface area contributed by atoms with Gasteiger partial charge in [-0.05, 0) is 23.0 Å². The number of hydrogen-bond donors (Lipinski definition) is 0. The first-order valence-electron chi connectivity index (χ1n) is 5.79. The largest absolute Gasteiger partial charge is 0.545 e. The van der Waals surface area contributed by atoms with Gasteiger partial charge in [-0.25, -0.2) is 0 Å². The van der Waals surface area contributed by atoms with Crippen LogP contribution in [-0.2, 0) is 5.41 Å². The van der Waals surface area contributed by atoms with Gasteiger partial charge in [-0.2, -0.15) is 0 Å². The zero-order valence-corrected chi connectivity index (χ0v) is 10.2. The molecule has 0 aliphatic rings. The molecule has 0 fully saturated rings. The molecule has 0 aromatic heterocycles. The van der Waals surface area contributed by atoms with E-state index >= 15 is 0 Å². The van der Waals surface area contributed by atoms with Crippen molar-refractivity contribution in [2.24, 2.45) is 0 Å². The SMILES string of the molecule is CCCCC(C)(C)c1ccc(C(=O)[O-])cc1. The lowest BCUT2D eigenvalue weighted by molar-refractivity contribution is -0.255. The molecule has 88 valence electrons. The summed E-state index contributed by atoms with van der Waals surface area (Å²) >= 11 is 0. The lowest BCUT2D eigenvalue weighted by Gasteiger charge is -2.25. The summed E-state index contributed by atoms with van der Waals surface area (Å²) in [5, 5.41) is 10.6. The standard InChI is InChI=1S/C14H20O2/c1-4-5-10-14(2,3)12-8-6-11(7-9-12)13(15)16/h6-9H,4-5,10H2,1-3H3,(H,15,16)/p-1. The maximum atomic E-state index is 10.6. The first-order chi connectivity index (χ1) is 7.47. The van der Waals surface area contributed by atoms with Crippen LogP contribution in [0.4, 0.5) is 0 Å². The topological polar surface area (TPSA) is 40.1 Å². The van der Waals surface area contributed by atoms with E-state index in [0.29, 0.717) is 0 Å². The second-order valence-electron chi connectivity index (χ2n) is 4.85. The highest BCUT2D eigenvalue weighted by Gasteiger charge is 2.19. The predicted octanol–water partition coefficient (Wildman–Crippen LogP) is 2.52. The molecule has 0 aliphatic carbocycles. The highest BCUT2D eigenvalue weighted by Crippen LogP contribution is 2.28. The Labute approximate surface area is 97.3 Å². The third-order valence-corrected chi connectivity index (χ3v) is 3.06. The van der Waals surface area contributed by atoms with Crippen LogP contribution in [0.25, 0.3) is 0 Å². The molecule has 2 heteroatoms. The van der Waals surface area contributed by atoms with E-state index in [1.807, 2.05) is 12.1 Å². The molecule has 0 unspecified atom stereocenters. The van der Waals surface area contributed by atoms with Crippen molar-refractivity contribution in [2.75, 3.05) is 0 Å². The molecule has 2 nitrogen and oxygen atoms in total. The predicted molar refractivity (Wildman–Crippen MR) is 63.3 cm³/mol. The van der Waals surface area contributed by atoms with Crippen molar-refractivity contribution in [3.63, 3.8) is 0 Å². The molecule has 0 heterocycles. The monoisotopic (exact) mass is 219 g/mol. The Kier molecular flexibility index (Phi) is 4.11. The average molecular weight is 219 g/mol. The van der Waals surface area contributed by atoms with Gasteiger partial charge >= 0.3 is 0 Å². The maximum Gasteiger partial charge on any atom is 0.0715 e. The number of carboxylic acid groups (broad SMARTS) is 1. The van der Waals surface area contributed by atoms with Crippen LogP contribution in [0.15, 0.2) is 24.3 Å². The molecule has 1 rings (SSSR count). The summed E-state index contributed by atoms with van der Waals surface area (Å²) in [6, 6.07) is 7.03. The highest BCUT2D eigenvalue weighted by atomic mass is 16.4. The van der Waals surface area contributed by atoms with Crippen LogP contribution in [0.5, 0.6) is 0 Å². The van der Waals surface area contributed by atoms with Gasteiger partial charge in [0, 0.05) is 0 Å². The molecule has 1 aromatic carbocycles. The molecule has 0 bridgehead atoms. The molecule has 0 spiro atoms. The number of rotatable bonds is 5. The zero-order chi connectivity index (χ0) is 12.2. The summed E-state index contributed by atoms with van der Waals surface area (Å²) in [7, 11) is 0. The van der Waals surface area contributed by atoms with E-state index in [4.69, 9.17) is 0 Å². The summed E-state index contributed by atoms with van der Waals surface area (Å²) in [5.41, 5.74) is 1.54. The van der Waals surface area contributed by atoms with Crippen LogP contribution in [0.3, 0.4) is 0 Å². The van der Waals surface area contributed by atoms with Crippen molar-refractivity contribution in [3.05, 3.63) is 35.4 Å². The summed E-state index contributed by atoms with van der Waals surface area (Å²) < 4.78 is 0. The Morgan fingerprint density at radius 2 is 1.81 bits per heavy atom. The molecule has 0 saturated heterocycles. The van der Waals surface area contributed by atoms with Gasteiger partial charge in [-0.1, -0.05) is 57.9 Å². The Morgan fingerprint density at radius 3 is 2.25 bits per heavy atom. The van der Waals surface area contributed by atoms with Crippen LogP contribution >= 0.6 is 0 Å². The number of carbonyl (C=O) groups is 1. The molecule has 0 amide bonds. The Bertz CT molecular complexity index is 350. The first kappa shape index (κ1) is 12.8. The number of carbonyl (C=O) groups excluding carboxylic acids is 1. The maximum absolute atomic E-state index is 10.6. The van der Waals surface area contributed by atoms with Gasteiger partial charge in [0.1, 0.15) is 0 Å². The number of benzene rings is 1. The van der Waals surface area contributed by atoms with E-state index in [2.05, 4.69) is 20.8 Å². The van der Waals surface area contributed by atoms with Crippen molar-refractivity contribution in [1.82, 2.24) is 0 Å². The fourth-order valence-electron chi connectivity index (χ4n) is 1.82. The minimum atomic E-state index is -1.11. The second kappa shape index (κ2) is 5.15. The van der Waals surface area contributed by atoms with E-state index in [1.54, 1.807) is 12.1 Å². The van der Waals surface area contributed by atoms with Gasteiger partial charge in [0.05, 0.1) is 5.97 Å². The zero-order valence-electron chi connectivity index (χ0n) is 10.2. The molecule has 16 heavy (non-hydrogen) atoms. The molecular formula is C14H19O2-. The number of aromatic carboxylic acids is 1. The Balaban J connectivity index is 2.83. The van der Waals surface area contributed by atoms with E-state index in [0.717, 1.165) is 6.42 Å². The van der Waals surface area contributed by atoms with Crippen LogP contribution < -0.4 is 5.11 Å². The fraction of sp³-hybridized carbons (Fsp3) is 0.500. The normalized spacial score (nSPS) is 11.4. The Hall–Kier alpha value is -1.31. The minimum Gasteiger partial charge on any atom is -0.545 e. The fourth-order valence-corrected chi connectivity index (χ4v) is 1.82. The molecule has 0 aliphatic heterocycles. The number of carboxylic acids is 1. The highest BCUT2D eigenvalue weighted by molar-refractivity contribution is 5.85. The van der Waals surface area contributed by atoms with Crippen LogP contribution in [0.2, 0.25) is 0 Å².